The molecule has 0 unspecified atom stereocenters. The van der Waals surface area contributed by atoms with Gasteiger partial charge < -0.3 is 23.7 Å². The third-order valence-corrected chi connectivity index (χ3v) is 7.00. The largest absolute Gasteiger partial charge is 0.507 e. The molecule has 200 valence electrons. The number of phenolic OH excluding ortho intramolecular Hbond substituents is 1. The second-order valence-electron chi connectivity index (χ2n) is 10.2. The Hall–Kier alpha value is -4.14. The van der Waals surface area contributed by atoms with Crippen molar-refractivity contribution in [2.45, 2.75) is 53.4 Å². The molecule has 1 fully saturated rings. The summed E-state index contributed by atoms with van der Waals surface area (Å²) in [5, 5.41) is 11.2. The number of carbonyl (C=O) groups excluding carboxylic acids is 3. The zero-order valence-corrected chi connectivity index (χ0v) is 22.0. The van der Waals surface area contributed by atoms with Crippen LogP contribution in [0.15, 0.2) is 39.5 Å². The van der Waals surface area contributed by atoms with Gasteiger partial charge in [-0.15, -0.1) is 0 Å². The SMILES string of the molecule is COc1cc2oc(-c3ccc(OC(C)=O)c(OC(C)=O)c3)cc(=O)c2c(O)c1C[C@@H]1C(=O)CCCC1(C)C. The average molecular weight is 523 g/mol. The fourth-order valence-corrected chi connectivity index (χ4v) is 5.07. The van der Waals surface area contributed by atoms with Gasteiger partial charge in [0.1, 0.15) is 34.0 Å². The summed E-state index contributed by atoms with van der Waals surface area (Å²) >= 11 is 0. The number of hydrogen-bond acceptors (Lipinski definition) is 9. The summed E-state index contributed by atoms with van der Waals surface area (Å²) < 4.78 is 21.8. The highest BCUT2D eigenvalue weighted by Crippen LogP contribution is 2.45. The molecule has 0 bridgehead atoms. The van der Waals surface area contributed by atoms with Crippen molar-refractivity contribution in [2.75, 3.05) is 7.11 Å². The topological polar surface area (TPSA) is 129 Å². The maximum absolute atomic E-state index is 13.2. The smallest absolute Gasteiger partial charge is 0.308 e. The Morgan fingerprint density at radius 2 is 1.71 bits per heavy atom. The molecule has 9 heteroatoms. The van der Waals surface area contributed by atoms with Crippen LogP contribution < -0.4 is 19.6 Å². The summed E-state index contributed by atoms with van der Waals surface area (Å²) in [5.74, 6) is -1.26. The molecule has 0 saturated heterocycles. The normalized spacial score (nSPS) is 16.8. The van der Waals surface area contributed by atoms with Crippen LogP contribution in [-0.2, 0) is 20.8 Å². The van der Waals surface area contributed by atoms with Crippen LogP contribution in [0.1, 0.15) is 52.5 Å². The van der Waals surface area contributed by atoms with Gasteiger partial charge in [-0.1, -0.05) is 13.8 Å². The molecule has 0 aliphatic heterocycles. The second-order valence-corrected chi connectivity index (χ2v) is 10.2. The zero-order valence-electron chi connectivity index (χ0n) is 22.0. The monoisotopic (exact) mass is 522 g/mol. The van der Waals surface area contributed by atoms with Crippen LogP contribution in [0.2, 0.25) is 0 Å². The van der Waals surface area contributed by atoms with E-state index in [9.17, 15) is 24.3 Å². The number of methoxy groups -OCH3 is 1. The zero-order chi connectivity index (χ0) is 27.8. The van der Waals surface area contributed by atoms with Gasteiger partial charge in [-0.2, -0.15) is 0 Å². The number of ketones is 1. The van der Waals surface area contributed by atoms with Gasteiger partial charge in [-0.05, 0) is 42.9 Å². The van der Waals surface area contributed by atoms with Gasteiger partial charge in [0, 0.05) is 49.4 Å². The summed E-state index contributed by atoms with van der Waals surface area (Å²) in [4.78, 5) is 49.0. The van der Waals surface area contributed by atoms with Gasteiger partial charge in [-0.25, -0.2) is 0 Å². The molecule has 9 nitrogen and oxygen atoms in total. The molecule has 1 heterocycles. The fraction of sp³-hybridized carbons (Fsp3) is 0.379. The van der Waals surface area contributed by atoms with E-state index in [0.29, 0.717) is 23.3 Å². The first-order valence-electron chi connectivity index (χ1n) is 12.3. The van der Waals surface area contributed by atoms with Crippen molar-refractivity contribution in [3.05, 3.63) is 46.1 Å². The van der Waals surface area contributed by atoms with Gasteiger partial charge in [0.25, 0.3) is 0 Å². The van der Waals surface area contributed by atoms with E-state index in [1.54, 1.807) is 0 Å². The Kier molecular flexibility index (Phi) is 7.31. The molecule has 4 rings (SSSR count). The van der Waals surface area contributed by atoms with Gasteiger partial charge in [0.15, 0.2) is 16.9 Å². The summed E-state index contributed by atoms with van der Waals surface area (Å²) in [5.41, 5.74) is 0.0752. The van der Waals surface area contributed by atoms with Crippen molar-refractivity contribution in [2.24, 2.45) is 11.3 Å². The fourth-order valence-electron chi connectivity index (χ4n) is 5.07. The maximum atomic E-state index is 13.2. The Morgan fingerprint density at radius 3 is 2.34 bits per heavy atom. The first-order chi connectivity index (χ1) is 17.9. The molecule has 1 aliphatic rings. The quantitative estimate of drug-likeness (QED) is 0.352. The lowest BCUT2D eigenvalue weighted by molar-refractivity contribution is -0.134. The van der Waals surface area contributed by atoms with Crippen molar-refractivity contribution in [1.82, 2.24) is 0 Å². The van der Waals surface area contributed by atoms with Crippen LogP contribution in [0, 0.1) is 11.3 Å². The molecule has 0 spiro atoms. The Morgan fingerprint density at radius 1 is 1.03 bits per heavy atom. The molecule has 1 atom stereocenters. The van der Waals surface area contributed by atoms with E-state index in [-0.39, 0.29) is 57.5 Å². The molecule has 38 heavy (non-hydrogen) atoms. The summed E-state index contributed by atoms with van der Waals surface area (Å²) in [7, 11) is 1.44. The van der Waals surface area contributed by atoms with E-state index in [2.05, 4.69) is 0 Å². The molecule has 0 amide bonds. The maximum Gasteiger partial charge on any atom is 0.308 e. The molecular weight excluding hydrogens is 492 g/mol. The van der Waals surface area contributed by atoms with E-state index in [1.165, 1.54) is 51.3 Å². The van der Waals surface area contributed by atoms with Gasteiger partial charge in [0.2, 0.25) is 0 Å². The second kappa shape index (κ2) is 10.3. The van der Waals surface area contributed by atoms with Crippen molar-refractivity contribution in [3.8, 4) is 34.3 Å². The minimum Gasteiger partial charge on any atom is -0.507 e. The molecule has 1 aromatic heterocycles. The van der Waals surface area contributed by atoms with E-state index in [0.717, 1.165) is 12.8 Å². The van der Waals surface area contributed by atoms with E-state index >= 15 is 0 Å². The first kappa shape index (κ1) is 26.9. The number of ether oxygens (including phenoxy) is 3. The molecule has 3 aromatic rings. The highest BCUT2D eigenvalue weighted by atomic mass is 16.6. The van der Waals surface area contributed by atoms with Crippen LogP contribution in [0.3, 0.4) is 0 Å². The molecule has 1 N–H and O–H groups in total. The minimum atomic E-state index is -0.627. The summed E-state index contributed by atoms with van der Waals surface area (Å²) in [6.45, 7) is 6.50. The lowest BCUT2D eigenvalue weighted by Gasteiger charge is -2.37. The van der Waals surface area contributed by atoms with Gasteiger partial charge in [0.05, 0.1) is 7.11 Å². The number of rotatable bonds is 6. The number of aromatic hydroxyl groups is 1. The lowest BCUT2D eigenvalue weighted by atomic mass is 9.66. The molecule has 2 aromatic carbocycles. The Bertz CT molecular complexity index is 1500. The van der Waals surface area contributed by atoms with E-state index < -0.39 is 17.4 Å². The van der Waals surface area contributed by atoms with Crippen molar-refractivity contribution in [1.29, 1.82) is 0 Å². The number of phenols is 1. The predicted octanol–water partition coefficient (Wildman–Crippen LogP) is 4.96. The lowest BCUT2D eigenvalue weighted by Crippen LogP contribution is -2.36. The van der Waals surface area contributed by atoms with E-state index in [4.69, 9.17) is 18.6 Å². The van der Waals surface area contributed by atoms with Crippen LogP contribution in [0.4, 0.5) is 0 Å². The molecule has 1 saturated carbocycles. The first-order valence-corrected chi connectivity index (χ1v) is 12.3. The summed E-state index contributed by atoms with van der Waals surface area (Å²) in [6.07, 6.45) is 2.44. The minimum absolute atomic E-state index is 0.0246. The number of benzene rings is 2. The third-order valence-electron chi connectivity index (χ3n) is 7.00. The average Bonchev–Trinajstić information content (AvgIpc) is 2.82. The van der Waals surface area contributed by atoms with Gasteiger partial charge >= 0.3 is 11.9 Å². The Balaban J connectivity index is 1.82. The van der Waals surface area contributed by atoms with Crippen molar-refractivity contribution < 1.29 is 38.1 Å². The number of carbonyl (C=O) groups is 3. The number of esters is 2. The highest BCUT2D eigenvalue weighted by Gasteiger charge is 2.39. The van der Waals surface area contributed by atoms with Crippen molar-refractivity contribution >= 4 is 28.7 Å². The standard InChI is InChI=1S/C29H30O9/c1-15(30)36-22-9-8-17(11-25(22)37-16(2)31)23-13-21(33)27-26(38-23)14-24(35-5)18(28(27)34)12-19-20(32)7-6-10-29(19,3)4/h8-9,11,13-14,19,34H,6-7,10,12H2,1-5H3/t19-/m1/s1. The predicted molar refractivity (Wildman–Crippen MR) is 139 cm³/mol. The van der Waals surface area contributed by atoms with Crippen LogP contribution in [0.25, 0.3) is 22.3 Å². The molecule has 1 aliphatic carbocycles. The summed E-state index contributed by atoms with van der Waals surface area (Å²) in [6, 6.07) is 7.11. The third kappa shape index (κ3) is 5.27. The van der Waals surface area contributed by atoms with E-state index in [1.807, 2.05) is 13.8 Å². The Labute approximate surface area is 219 Å². The molecule has 0 radical (unpaired) electrons. The number of fused-ring (bicyclic) bond motifs is 1. The number of Topliss-reactive ketones (excluding diaryl/α,β-unsaturated/α-hetero) is 1. The van der Waals surface area contributed by atoms with Gasteiger partial charge in [-0.3, -0.25) is 19.2 Å². The molecular formula is C29H30O9. The van der Waals surface area contributed by atoms with Crippen LogP contribution in [-0.4, -0.2) is 29.9 Å². The van der Waals surface area contributed by atoms with Crippen molar-refractivity contribution in [3.63, 3.8) is 0 Å². The van der Waals surface area contributed by atoms with Crippen LogP contribution in [0.5, 0.6) is 23.0 Å². The highest BCUT2D eigenvalue weighted by molar-refractivity contribution is 5.89. The number of hydrogen-bond donors (Lipinski definition) is 1. The van der Waals surface area contributed by atoms with Crippen LogP contribution >= 0.6 is 0 Å².